The van der Waals surface area contributed by atoms with Gasteiger partial charge in [-0.25, -0.2) is 9.59 Å². The van der Waals surface area contributed by atoms with E-state index in [1.807, 2.05) is 0 Å². The minimum absolute atomic E-state index is 0.0538. The fourth-order valence-corrected chi connectivity index (χ4v) is 4.24. The molecule has 0 atom stereocenters. The summed E-state index contributed by atoms with van der Waals surface area (Å²) in [5, 5.41) is 12.6. The van der Waals surface area contributed by atoms with E-state index in [9.17, 15) is 14.7 Å². The number of hydrogen-bond acceptors (Lipinski definition) is 8. The van der Waals surface area contributed by atoms with Gasteiger partial charge in [0.25, 0.3) is 0 Å². The molecule has 2 rings (SSSR count). The maximum absolute atomic E-state index is 11.1. The van der Waals surface area contributed by atoms with Crippen molar-refractivity contribution in [1.82, 2.24) is 0 Å². The van der Waals surface area contributed by atoms with Gasteiger partial charge < -0.3 is 19.3 Å². The fraction of sp³-hybridized carbons (Fsp3) is 0.231. The van der Waals surface area contributed by atoms with Gasteiger partial charge in [0.05, 0.1) is 30.3 Å². The molecule has 0 saturated carbocycles. The second-order valence-electron chi connectivity index (χ2n) is 3.69. The maximum Gasteiger partial charge on any atom is 0.351 e. The van der Waals surface area contributed by atoms with Crippen LogP contribution >= 0.6 is 54.5 Å². The molecule has 23 heavy (non-hydrogen) atoms. The average molecular weight is 488 g/mol. The minimum Gasteiger partial charge on any atom is -0.505 e. The number of methoxy groups -OCH3 is 3. The largest absolute Gasteiger partial charge is 0.505 e. The summed E-state index contributed by atoms with van der Waals surface area (Å²) in [4.78, 5) is 22.6. The molecule has 6 nitrogen and oxygen atoms in total. The third-order valence-electron chi connectivity index (χ3n) is 2.37. The molecular formula is C13H12Br2O6S2. The van der Waals surface area contributed by atoms with Crippen LogP contribution in [0.15, 0.2) is 19.7 Å². The number of thiophene rings is 2. The Morgan fingerprint density at radius 2 is 1.43 bits per heavy atom. The molecule has 0 aliphatic carbocycles. The van der Waals surface area contributed by atoms with Crippen molar-refractivity contribution in [3.05, 3.63) is 29.5 Å². The van der Waals surface area contributed by atoms with Crippen LogP contribution < -0.4 is 4.74 Å². The molecule has 0 amide bonds. The number of carbonyl (C=O) groups is 2. The number of esters is 2. The van der Waals surface area contributed by atoms with Gasteiger partial charge in [-0.15, -0.1) is 22.7 Å². The second-order valence-corrected chi connectivity index (χ2v) is 7.16. The SMILES string of the molecule is COC(=O)c1scc(Br)c1O.COC(=O)c1scc(Br)c1OC. The molecule has 1 N–H and O–H groups in total. The summed E-state index contributed by atoms with van der Waals surface area (Å²) in [5.41, 5.74) is 0. The second kappa shape index (κ2) is 9.26. The lowest BCUT2D eigenvalue weighted by atomic mass is 10.4. The normalized spacial score (nSPS) is 9.61. The lowest BCUT2D eigenvalue weighted by molar-refractivity contribution is 0.0593. The summed E-state index contributed by atoms with van der Waals surface area (Å²) in [6, 6.07) is 0. The van der Waals surface area contributed by atoms with Crippen molar-refractivity contribution in [1.29, 1.82) is 0 Å². The van der Waals surface area contributed by atoms with Crippen molar-refractivity contribution in [3.63, 3.8) is 0 Å². The molecule has 126 valence electrons. The monoisotopic (exact) mass is 486 g/mol. The fourth-order valence-electron chi connectivity index (χ4n) is 1.32. The Morgan fingerprint density at radius 3 is 1.87 bits per heavy atom. The van der Waals surface area contributed by atoms with E-state index in [1.54, 1.807) is 10.8 Å². The molecule has 0 aliphatic heterocycles. The third-order valence-corrected chi connectivity index (χ3v) is 6.06. The van der Waals surface area contributed by atoms with Crippen LogP contribution in [0.3, 0.4) is 0 Å². The smallest absolute Gasteiger partial charge is 0.351 e. The Bertz CT molecular complexity index is 695. The molecule has 0 bridgehead atoms. The van der Waals surface area contributed by atoms with Gasteiger partial charge in [-0.05, 0) is 31.9 Å². The summed E-state index contributed by atoms with van der Waals surface area (Å²) in [5.74, 6) is -0.408. The van der Waals surface area contributed by atoms with Crippen LogP contribution in [0, 0.1) is 0 Å². The number of ether oxygens (including phenoxy) is 3. The van der Waals surface area contributed by atoms with E-state index in [0.29, 0.717) is 15.1 Å². The predicted octanol–water partition coefficient (Wildman–Crippen LogP) is 4.31. The van der Waals surface area contributed by atoms with Crippen LogP contribution in [0.25, 0.3) is 0 Å². The van der Waals surface area contributed by atoms with Crippen LogP contribution in [0.5, 0.6) is 11.5 Å². The van der Waals surface area contributed by atoms with Crippen LogP contribution in [0.2, 0.25) is 0 Å². The minimum atomic E-state index is -0.516. The lowest BCUT2D eigenvalue weighted by Crippen LogP contribution is -2.00. The highest BCUT2D eigenvalue weighted by atomic mass is 79.9. The van der Waals surface area contributed by atoms with Crippen molar-refractivity contribution in [2.45, 2.75) is 0 Å². The Kier molecular flexibility index (Phi) is 8.03. The zero-order valence-electron chi connectivity index (χ0n) is 12.2. The van der Waals surface area contributed by atoms with E-state index in [2.05, 4.69) is 41.3 Å². The standard InChI is InChI=1S/C7H7BrO3S.C6H5BrO3S/c1-10-5-4(8)3-12-6(5)7(9)11-2;1-10-6(9)5-4(8)3(7)2-11-5/h3H,1-2H3;2,8H,1H3. The number of aromatic hydroxyl groups is 1. The number of carbonyl (C=O) groups excluding carboxylic acids is 2. The maximum atomic E-state index is 11.1. The predicted molar refractivity (Wildman–Crippen MR) is 94.9 cm³/mol. The van der Waals surface area contributed by atoms with Crippen molar-refractivity contribution >= 4 is 66.5 Å². The van der Waals surface area contributed by atoms with Crippen molar-refractivity contribution in [2.75, 3.05) is 21.3 Å². The van der Waals surface area contributed by atoms with Gasteiger partial charge in [-0.3, -0.25) is 0 Å². The highest BCUT2D eigenvalue weighted by Crippen LogP contribution is 2.35. The van der Waals surface area contributed by atoms with Gasteiger partial charge in [0, 0.05) is 10.8 Å². The molecule has 10 heteroatoms. The summed E-state index contributed by atoms with van der Waals surface area (Å²) in [6.45, 7) is 0. The molecule has 0 saturated heterocycles. The summed E-state index contributed by atoms with van der Waals surface area (Å²) >= 11 is 8.74. The number of halogens is 2. The van der Waals surface area contributed by atoms with Crippen molar-refractivity contribution in [3.8, 4) is 11.5 Å². The number of hydrogen-bond donors (Lipinski definition) is 1. The average Bonchev–Trinajstić information content (AvgIpc) is 3.09. The van der Waals surface area contributed by atoms with Gasteiger partial charge in [0.15, 0.2) is 21.3 Å². The topological polar surface area (TPSA) is 82.1 Å². The van der Waals surface area contributed by atoms with Gasteiger partial charge in [0.1, 0.15) is 0 Å². The van der Waals surface area contributed by atoms with Gasteiger partial charge >= 0.3 is 11.9 Å². The van der Waals surface area contributed by atoms with E-state index in [-0.39, 0.29) is 16.6 Å². The highest BCUT2D eigenvalue weighted by Gasteiger charge is 2.17. The van der Waals surface area contributed by atoms with Crippen LogP contribution in [0.1, 0.15) is 19.3 Å². The zero-order chi connectivity index (χ0) is 17.6. The first kappa shape index (κ1) is 19.9. The molecule has 0 spiro atoms. The molecule has 2 aromatic heterocycles. The summed E-state index contributed by atoms with van der Waals surface area (Å²) in [6.07, 6.45) is 0. The number of rotatable bonds is 3. The molecular weight excluding hydrogens is 476 g/mol. The first-order chi connectivity index (χ1) is 10.9. The van der Waals surface area contributed by atoms with Crippen LogP contribution in [-0.4, -0.2) is 38.4 Å². The molecule has 0 unspecified atom stereocenters. The Hall–Kier alpha value is -1.10. The highest BCUT2D eigenvalue weighted by molar-refractivity contribution is 9.11. The summed E-state index contributed by atoms with van der Waals surface area (Å²) < 4.78 is 15.3. The van der Waals surface area contributed by atoms with Gasteiger partial charge in [0.2, 0.25) is 0 Å². The molecule has 0 fully saturated rings. The Labute approximate surface area is 157 Å². The molecule has 2 aromatic rings. The first-order valence-corrected chi connectivity index (χ1v) is 9.15. The van der Waals surface area contributed by atoms with Gasteiger partial charge in [-0.2, -0.15) is 0 Å². The quantitative estimate of drug-likeness (QED) is 0.649. The molecule has 0 radical (unpaired) electrons. The third kappa shape index (κ3) is 4.93. The molecule has 0 aliphatic rings. The van der Waals surface area contributed by atoms with Crippen LogP contribution in [-0.2, 0) is 9.47 Å². The van der Waals surface area contributed by atoms with E-state index in [4.69, 9.17) is 4.74 Å². The summed E-state index contributed by atoms with van der Waals surface area (Å²) in [7, 11) is 4.13. The van der Waals surface area contributed by atoms with Crippen molar-refractivity contribution in [2.24, 2.45) is 0 Å². The Balaban J connectivity index is 0.000000231. The van der Waals surface area contributed by atoms with Gasteiger partial charge in [-0.1, -0.05) is 0 Å². The first-order valence-electron chi connectivity index (χ1n) is 5.80. The van der Waals surface area contributed by atoms with E-state index in [0.717, 1.165) is 15.8 Å². The van der Waals surface area contributed by atoms with E-state index in [1.165, 1.54) is 32.7 Å². The lowest BCUT2D eigenvalue weighted by Gasteiger charge is -2.00. The van der Waals surface area contributed by atoms with Crippen molar-refractivity contribution < 1.29 is 28.9 Å². The van der Waals surface area contributed by atoms with E-state index >= 15 is 0 Å². The van der Waals surface area contributed by atoms with Crippen LogP contribution in [0.4, 0.5) is 0 Å². The Morgan fingerprint density at radius 1 is 0.957 bits per heavy atom. The zero-order valence-corrected chi connectivity index (χ0v) is 17.0. The molecule has 0 aromatic carbocycles. The van der Waals surface area contributed by atoms with E-state index < -0.39 is 5.97 Å². The molecule has 2 heterocycles.